The highest BCUT2D eigenvalue weighted by molar-refractivity contribution is 6.05. The Labute approximate surface area is 246 Å². The SMILES string of the molecule is CCC1=C(Nc2ccc(CC(=O)O)cc2)N=C2CN(c3cnc4c(c3C)N(C(=O)OC(C)(C)C)CCO4)CCC2=CC1. The van der Waals surface area contributed by atoms with E-state index in [4.69, 9.17) is 19.6 Å². The number of aliphatic carboxylic acids is 1. The molecule has 5 rings (SSSR count). The summed E-state index contributed by atoms with van der Waals surface area (Å²) in [7, 11) is 0. The van der Waals surface area contributed by atoms with Gasteiger partial charge in [0, 0.05) is 17.8 Å². The lowest BCUT2D eigenvalue weighted by atomic mass is 9.98. The molecule has 42 heavy (non-hydrogen) atoms. The van der Waals surface area contributed by atoms with Crippen molar-refractivity contribution in [3.8, 4) is 5.88 Å². The Kier molecular flexibility index (Phi) is 8.24. The number of ether oxygens (including phenoxy) is 2. The van der Waals surface area contributed by atoms with Gasteiger partial charge in [-0.2, -0.15) is 0 Å². The van der Waals surface area contributed by atoms with Gasteiger partial charge in [0.2, 0.25) is 5.88 Å². The average Bonchev–Trinajstić information content (AvgIpc) is 3.11. The van der Waals surface area contributed by atoms with Crippen molar-refractivity contribution in [2.45, 2.75) is 65.9 Å². The minimum absolute atomic E-state index is 0.00672. The monoisotopic (exact) mass is 573 g/mol. The molecule has 222 valence electrons. The number of allylic oxidation sites excluding steroid dienone is 2. The number of fused-ring (bicyclic) bond motifs is 2. The number of pyridine rings is 1. The molecule has 0 bridgehead atoms. The van der Waals surface area contributed by atoms with Crippen molar-refractivity contribution in [1.82, 2.24) is 4.98 Å². The summed E-state index contributed by atoms with van der Waals surface area (Å²) in [5.41, 5.74) is 6.95. The second kappa shape index (κ2) is 11.9. The smallest absolute Gasteiger partial charge is 0.415 e. The van der Waals surface area contributed by atoms with E-state index in [0.717, 1.165) is 59.8 Å². The predicted octanol–water partition coefficient (Wildman–Crippen LogP) is 5.87. The second-order valence-corrected chi connectivity index (χ2v) is 11.8. The van der Waals surface area contributed by atoms with E-state index in [2.05, 4.69) is 28.2 Å². The van der Waals surface area contributed by atoms with Gasteiger partial charge in [-0.25, -0.2) is 14.8 Å². The minimum atomic E-state index is -0.850. The Morgan fingerprint density at radius 2 is 1.93 bits per heavy atom. The first-order valence-electron chi connectivity index (χ1n) is 14.5. The molecule has 2 aromatic rings. The van der Waals surface area contributed by atoms with E-state index < -0.39 is 17.7 Å². The van der Waals surface area contributed by atoms with Crippen molar-refractivity contribution in [1.29, 1.82) is 0 Å². The van der Waals surface area contributed by atoms with Crippen molar-refractivity contribution in [2.24, 2.45) is 4.99 Å². The molecule has 1 aromatic heterocycles. The van der Waals surface area contributed by atoms with Crippen molar-refractivity contribution in [2.75, 3.05) is 41.4 Å². The first-order valence-corrected chi connectivity index (χ1v) is 14.5. The summed E-state index contributed by atoms with van der Waals surface area (Å²) in [5, 5.41) is 12.6. The first-order chi connectivity index (χ1) is 20.0. The van der Waals surface area contributed by atoms with E-state index in [0.29, 0.717) is 31.3 Å². The molecular weight excluding hydrogens is 534 g/mol. The normalized spacial score (nSPS) is 16.9. The number of nitrogens with one attached hydrogen (secondary N) is 1. The van der Waals surface area contributed by atoms with Crippen LogP contribution in [0.15, 0.2) is 58.5 Å². The number of hydrogen-bond acceptors (Lipinski definition) is 8. The number of carbonyl (C=O) groups excluding carboxylic acids is 1. The molecule has 0 saturated carbocycles. The van der Waals surface area contributed by atoms with Gasteiger partial charge >= 0.3 is 12.1 Å². The van der Waals surface area contributed by atoms with Gasteiger partial charge < -0.3 is 24.8 Å². The molecule has 3 aliphatic heterocycles. The standard InChI is InChI=1S/C32H39N5O5/c1-6-22-9-10-23-13-14-36(19-25(23)35-29(22)34-24-11-7-21(8-12-24)17-27(38)39)26-18-33-30-28(20(26)2)37(15-16-41-30)31(40)42-32(3,4)5/h7-8,10-12,18,34H,6,9,13-17,19H2,1-5H3,(H,38,39). The number of aromatic nitrogens is 1. The van der Waals surface area contributed by atoms with Crippen LogP contribution in [0.5, 0.6) is 5.88 Å². The maximum absolute atomic E-state index is 13.1. The van der Waals surface area contributed by atoms with E-state index in [1.807, 2.05) is 58.2 Å². The van der Waals surface area contributed by atoms with Crippen molar-refractivity contribution in [3.05, 3.63) is 64.6 Å². The highest BCUT2D eigenvalue weighted by Gasteiger charge is 2.33. The number of nitrogens with zero attached hydrogens (tertiary/aromatic N) is 4. The number of carbonyl (C=O) groups is 2. The lowest BCUT2D eigenvalue weighted by Crippen LogP contribution is -2.43. The molecule has 2 N–H and O–H groups in total. The average molecular weight is 574 g/mol. The maximum atomic E-state index is 13.1. The third kappa shape index (κ3) is 6.42. The fourth-order valence-electron chi connectivity index (χ4n) is 5.44. The number of rotatable bonds is 6. The van der Waals surface area contributed by atoms with Gasteiger partial charge in [-0.1, -0.05) is 25.1 Å². The number of carboxylic acid groups (broad SMARTS) is 1. The van der Waals surface area contributed by atoms with Crippen LogP contribution in [0.3, 0.4) is 0 Å². The number of piperidine rings is 1. The summed E-state index contributed by atoms with van der Waals surface area (Å²) in [6.07, 6.45) is 6.22. The molecule has 1 saturated heterocycles. The third-order valence-electron chi connectivity index (χ3n) is 7.56. The summed E-state index contributed by atoms with van der Waals surface area (Å²) in [6, 6.07) is 7.45. The molecule has 0 atom stereocenters. The molecule has 0 aliphatic carbocycles. The van der Waals surface area contributed by atoms with E-state index in [-0.39, 0.29) is 6.42 Å². The molecule has 1 aromatic carbocycles. The van der Waals surface area contributed by atoms with Crippen LogP contribution in [0, 0.1) is 6.92 Å². The number of amides is 1. The Morgan fingerprint density at radius 1 is 1.17 bits per heavy atom. The lowest BCUT2D eigenvalue weighted by molar-refractivity contribution is -0.136. The number of benzene rings is 1. The van der Waals surface area contributed by atoms with E-state index in [1.54, 1.807) is 4.90 Å². The zero-order chi connectivity index (χ0) is 30.0. The number of carboxylic acids is 1. The summed E-state index contributed by atoms with van der Waals surface area (Å²) >= 11 is 0. The van der Waals surface area contributed by atoms with Crippen LogP contribution in [-0.4, -0.2) is 59.7 Å². The number of aliphatic imine (C=N–C) groups is 1. The summed E-state index contributed by atoms with van der Waals surface area (Å²) < 4.78 is 11.5. The Hall–Kier alpha value is -4.34. The highest BCUT2D eigenvalue weighted by atomic mass is 16.6. The summed E-state index contributed by atoms with van der Waals surface area (Å²) in [4.78, 5) is 37.8. The highest BCUT2D eigenvalue weighted by Crippen LogP contribution is 2.40. The topological polar surface area (TPSA) is 117 Å². The van der Waals surface area contributed by atoms with Crippen LogP contribution in [0.1, 0.15) is 58.1 Å². The van der Waals surface area contributed by atoms with Gasteiger partial charge in [-0.05, 0) is 75.8 Å². The molecule has 10 heteroatoms. The largest absolute Gasteiger partial charge is 0.481 e. The molecule has 3 aliphatic rings. The molecule has 4 heterocycles. The van der Waals surface area contributed by atoms with Crippen LogP contribution in [-0.2, 0) is 16.0 Å². The zero-order valence-electron chi connectivity index (χ0n) is 25.0. The fourth-order valence-corrected chi connectivity index (χ4v) is 5.44. The molecule has 0 radical (unpaired) electrons. The van der Waals surface area contributed by atoms with Gasteiger partial charge in [0.15, 0.2) is 0 Å². The molecular formula is C32H39N5O5. The van der Waals surface area contributed by atoms with Crippen molar-refractivity contribution >= 4 is 34.8 Å². The van der Waals surface area contributed by atoms with Crippen LogP contribution < -0.4 is 19.9 Å². The predicted molar refractivity (Wildman–Crippen MR) is 164 cm³/mol. The van der Waals surface area contributed by atoms with Gasteiger partial charge in [0.25, 0.3) is 0 Å². The van der Waals surface area contributed by atoms with Crippen molar-refractivity contribution in [3.63, 3.8) is 0 Å². The number of anilines is 3. The van der Waals surface area contributed by atoms with Gasteiger partial charge in [0.05, 0.1) is 37.1 Å². The van der Waals surface area contributed by atoms with Gasteiger partial charge in [-0.15, -0.1) is 0 Å². The van der Waals surface area contributed by atoms with E-state index in [1.165, 1.54) is 11.1 Å². The van der Waals surface area contributed by atoms with E-state index >= 15 is 0 Å². The molecule has 0 unspecified atom stereocenters. The lowest BCUT2D eigenvalue weighted by Gasteiger charge is -2.36. The minimum Gasteiger partial charge on any atom is -0.481 e. The van der Waals surface area contributed by atoms with E-state index in [9.17, 15) is 9.59 Å². The van der Waals surface area contributed by atoms with Crippen molar-refractivity contribution < 1.29 is 24.2 Å². The Balaban J connectivity index is 1.41. The Morgan fingerprint density at radius 3 is 2.62 bits per heavy atom. The summed E-state index contributed by atoms with van der Waals surface area (Å²) in [6.45, 7) is 11.9. The van der Waals surface area contributed by atoms with Gasteiger partial charge in [-0.3, -0.25) is 9.69 Å². The zero-order valence-corrected chi connectivity index (χ0v) is 25.0. The molecule has 10 nitrogen and oxygen atoms in total. The van der Waals surface area contributed by atoms with Crippen LogP contribution in [0.2, 0.25) is 0 Å². The number of hydrogen-bond donors (Lipinski definition) is 2. The first kappa shape index (κ1) is 29.2. The van der Waals surface area contributed by atoms with Crippen LogP contribution >= 0.6 is 0 Å². The molecule has 1 amide bonds. The van der Waals surface area contributed by atoms with Crippen LogP contribution in [0.4, 0.5) is 21.9 Å². The maximum Gasteiger partial charge on any atom is 0.415 e. The third-order valence-corrected chi connectivity index (χ3v) is 7.56. The van der Waals surface area contributed by atoms with Gasteiger partial charge in [0.1, 0.15) is 23.7 Å². The fraction of sp³-hybridized carbons (Fsp3) is 0.438. The quantitative estimate of drug-likeness (QED) is 0.441. The molecule has 0 spiro atoms. The Bertz CT molecular complexity index is 1470. The summed E-state index contributed by atoms with van der Waals surface area (Å²) in [5.74, 6) is 0.419. The second-order valence-electron chi connectivity index (χ2n) is 11.8. The van der Waals surface area contributed by atoms with Crippen LogP contribution in [0.25, 0.3) is 0 Å². The molecule has 1 fully saturated rings.